The summed E-state index contributed by atoms with van der Waals surface area (Å²) in [4.78, 5) is 6.83. The Morgan fingerprint density at radius 1 is 1.00 bits per heavy atom. The molecule has 0 saturated carbocycles. The number of hydrogen-bond donors (Lipinski definition) is 2. The van der Waals surface area contributed by atoms with Crippen molar-refractivity contribution in [2.75, 3.05) is 11.5 Å². The fourth-order valence-corrected chi connectivity index (χ4v) is 1.57. The summed E-state index contributed by atoms with van der Waals surface area (Å²) in [6.07, 6.45) is -4.84. The van der Waals surface area contributed by atoms with Gasteiger partial charge in [-0.2, -0.15) is 18.2 Å². The van der Waals surface area contributed by atoms with Gasteiger partial charge in [0.25, 0.3) is 0 Å². The van der Waals surface area contributed by atoms with Crippen molar-refractivity contribution in [1.29, 1.82) is 0 Å². The molecule has 0 unspecified atom stereocenters. The molecule has 2 rings (SSSR count). The van der Waals surface area contributed by atoms with Crippen LogP contribution in [0.1, 0.15) is 5.56 Å². The van der Waals surface area contributed by atoms with E-state index in [0.717, 1.165) is 6.07 Å². The van der Waals surface area contributed by atoms with E-state index in [1.807, 2.05) is 0 Å². The van der Waals surface area contributed by atoms with Gasteiger partial charge in [-0.05, 0) is 12.1 Å². The number of aromatic nitrogens is 2. The summed E-state index contributed by atoms with van der Waals surface area (Å²) in [5, 5.41) is 0. The summed E-state index contributed by atoms with van der Waals surface area (Å²) in [5.74, 6) is -3.59. The minimum absolute atomic E-state index is 0.228. The molecular formula is C11H7F5N4. The molecule has 1 aromatic carbocycles. The van der Waals surface area contributed by atoms with E-state index < -0.39 is 34.9 Å². The highest BCUT2D eigenvalue weighted by Gasteiger charge is 2.34. The Morgan fingerprint density at radius 2 is 1.65 bits per heavy atom. The van der Waals surface area contributed by atoms with Crippen LogP contribution in [-0.4, -0.2) is 9.97 Å². The molecule has 1 heterocycles. The number of rotatable bonds is 1. The number of alkyl halides is 3. The Kier molecular flexibility index (Phi) is 3.20. The molecule has 0 aliphatic heterocycles. The molecule has 2 aromatic rings. The monoisotopic (exact) mass is 290 g/mol. The van der Waals surface area contributed by atoms with Crippen molar-refractivity contribution in [2.24, 2.45) is 0 Å². The van der Waals surface area contributed by atoms with Crippen molar-refractivity contribution in [1.82, 2.24) is 9.97 Å². The molecule has 4 nitrogen and oxygen atoms in total. The first-order valence-electron chi connectivity index (χ1n) is 5.15. The summed E-state index contributed by atoms with van der Waals surface area (Å²) in [6, 6.07) is 1.86. The Labute approximate surface area is 109 Å². The van der Waals surface area contributed by atoms with Crippen LogP contribution < -0.4 is 11.5 Å². The molecule has 20 heavy (non-hydrogen) atoms. The predicted octanol–water partition coefficient (Wildman–Crippen LogP) is 2.61. The molecule has 4 N–H and O–H groups in total. The van der Waals surface area contributed by atoms with Crippen molar-refractivity contribution < 1.29 is 22.0 Å². The van der Waals surface area contributed by atoms with Crippen LogP contribution in [0, 0.1) is 11.6 Å². The van der Waals surface area contributed by atoms with E-state index in [4.69, 9.17) is 11.5 Å². The van der Waals surface area contributed by atoms with Crippen molar-refractivity contribution in [3.63, 3.8) is 0 Å². The third-order valence-electron chi connectivity index (χ3n) is 2.44. The number of anilines is 2. The molecule has 1 aromatic heterocycles. The van der Waals surface area contributed by atoms with Gasteiger partial charge >= 0.3 is 6.18 Å². The molecule has 0 fully saturated rings. The van der Waals surface area contributed by atoms with Crippen molar-refractivity contribution >= 4 is 11.8 Å². The standard InChI is InChI=1S/C11H7F5N4/c12-6-3-4(1-2-5(6)11(14,15)16)8-7(13)9(17)20-10(18)19-8/h1-3H,(H4,17,18,19,20). The zero-order chi connectivity index (χ0) is 15.1. The third-order valence-corrected chi connectivity index (χ3v) is 2.44. The molecule has 0 aliphatic rings. The topological polar surface area (TPSA) is 77.8 Å². The van der Waals surface area contributed by atoms with E-state index in [1.165, 1.54) is 0 Å². The molecule has 0 atom stereocenters. The number of halogens is 5. The van der Waals surface area contributed by atoms with E-state index in [0.29, 0.717) is 12.1 Å². The van der Waals surface area contributed by atoms with E-state index in [9.17, 15) is 22.0 Å². The molecule has 0 spiro atoms. The van der Waals surface area contributed by atoms with Gasteiger partial charge in [0.05, 0.1) is 5.56 Å². The van der Waals surface area contributed by atoms with Crippen molar-refractivity contribution in [3.8, 4) is 11.3 Å². The van der Waals surface area contributed by atoms with Crippen molar-refractivity contribution in [2.45, 2.75) is 6.18 Å². The molecule has 0 radical (unpaired) electrons. The lowest BCUT2D eigenvalue weighted by Crippen LogP contribution is -2.09. The minimum atomic E-state index is -4.84. The van der Waals surface area contributed by atoms with Gasteiger partial charge < -0.3 is 11.5 Å². The Balaban J connectivity index is 2.58. The van der Waals surface area contributed by atoms with Crippen LogP contribution in [0.2, 0.25) is 0 Å². The average molecular weight is 290 g/mol. The summed E-state index contributed by atoms with van der Waals surface area (Å²) in [6.45, 7) is 0. The van der Waals surface area contributed by atoms with Gasteiger partial charge in [0.2, 0.25) is 5.95 Å². The first-order valence-corrected chi connectivity index (χ1v) is 5.15. The Hall–Kier alpha value is -2.45. The summed E-state index contributed by atoms with van der Waals surface area (Å²) in [7, 11) is 0. The highest BCUT2D eigenvalue weighted by Crippen LogP contribution is 2.34. The molecule has 0 amide bonds. The number of benzene rings is 1. The smallest absolute Gasteiger partial charge is 0.381 e. The third kappa shape index (κ3) is 2.46. The largest absolute Gasteiger partial charge is 0.419 e. The molecule has 0 aliphatic carbocycles. The van der Waals surface area contributed by atoms with Crippen LogP contribution in [0.5, 0.6) is 0 Å². The van der Waals surface area contributed by atoms with Gasteiger partial charge in [-0.25, -0.2) is 13.8 Å². The molecule has 0 saturated heterocycles. The van der Waals surface area contributed by atoms with Crippen molar-refractivity contribution in [3.05, 3.63) is 35.4 Å². The first kappa shape index (κ1) is 14.0. The second kappa shape index (κ2) is 4.58. The zero-order valence-corrected chi connectivity index (χ0v) is 9.67. The van der Waals surface area contributed by atoms with Gasteiger partial charge in [0.15, 0.2) is 11.6 Å². The quantitative estimate of drug-likeness (QED) is 0.791. The number of nitrogen functional groups attached to an aromatic ring is 2. The second-order valence-electron chi connectivity index (χ2n) is 3.82. The predicted molar refractivity (Wildman–Crippen MR) is 61.2 cm³/mol. The maximum absolute atomic E-state index is 13.7. The second-order valence-corrected chi connectivity index (χ2v) is 3.82. The Morgan fingerprint density at radius 3 is 2.20 bits per heavy atom. The molecule has 106 valence electrons. The Bertz CT molecular complexity index is 669. The normalized spacial score (nSPS) is 11.7. The molecular weight excluding hydrogens is 283 g/mol. The highest BCUT2D eigenvalue weighted by molar-refractivity contribution is 5.65. The van der Waals surface area contributed by atoms with E-state index in [1.54, 1.807) is 0 Å². The van der Waals surface area contributed by atoms with Crippen LogP contribution in [0.3, 0.4) is 0 Å². The van der Waals surface area contributed by atoms with E-state index in [2.05, 4.69) is 9.97 Å². The van der Waals surface area contributed by atoms with Gasteiger partial charge in [0.1, 0.15) is 11.5 Å². The molecule has 0 bridgehead atoms. The van der Waals surface area contributed by atoms with Gasteiger partial charge in [0, 0.05) is 5.56 Å². The average Bonchev–Trinajstić information content (AvgIpc) is 2.32. The summed E-state index contributed by atoms with van der Waals surface area (Å²) >= 11 is 0. The zero-order valence-electron chi connectivity index (χ0n) is 9.67. The first-order chi connectivity index (χ1) is 9.20. The maximum Gasteiger partial charge on any atom is 0.419 e. The number of nitrogens with zero attached hydrogens (tertiary/aromatic N) is 2. The maximum atomic E-state index is 13.7. The lowest BCUT2D eigenvalue weighted by atomic mass is 10.1. The van der Waals surface area contributed by atoms with Crippen LogP contribution in [0.25, 0.3) is 11.3 Å². The van der Waals surface area contributed by atoms with Gasteiger partial charge in [-0.3, -0.25) is 0 Å². The SMILES string of the molecule is Nc1nc(N)c(F)c(-c2ccc(C(F)(F)F)c(F)c2)n1. The number of nitrogens with two attached hydrogens (primary N) is 2. The lowest BCUT2D eigenvalue weighted by molar-refractivity contribution is -0.139. The van der Waals surface area contributed by atoms with E-state index in [-0.39, 0.29) is 11.5 Å². The fraction of sp³-hybridized carbons (Fsp3) is 0.0909. The van der Waals surface area contributed by atoms with Crippen LogP contribution in [0.4, 0.5) is 33.7 Å². The van der Waals surface area contributed by atoms with Crippen LogP contribution >= 0.6 is 0 Å². The van der Waals surface area contributed by atoms with Gasteiger partial charge in [-0.15, -0.1) is 0 Å². The lowest BCUT2D eigenvalue weighted by Gasteiger charge is -2.10. The minimum Gasteiger partial charge on any atom is -0.381 e. The molecule has 9 heteroatoms. The number of hydrogen-bond acceptors (Lipinski definition) is 4. The summed E-state index contributed by atoms with van der Waals surface area (Å²) < 4.78 is 64.3. The van der Waals surface area contributed by atoms with Gasteiger partial charge in [-0.1, -0.05) is 6.07 Å². The van der Waals surface area contributed by atoms with Crippen LogP contribution in [-0.2, 0) is 6.18 Å². The van der Waals surface area contributed by atoms with E-state index >= 15 is 0 Å². The fourth-order valence-electron chi connectivity index (χ4n) is 1.57. The van der Waals surface area contributed by atoms with Crippen LogP contribution in [0.15, 0.2) is 18.2 Å². The highest BCUT2D eigenvalue weighted by atomic mass is 19.4. The summed E-state index contributed by atoms with van der Waals surface area (Å²) in [5.41, 5.74) is 8.32.